The number of hydrogen-bond acceptors (Lipinski definition) is 4. The van der Waals surface area contributed by atoms with Crippen LogP contribution in [0, 0.1) is 0 Å². The molecule has 1 rings (SSSR count). The summed E-state index contributed by atoms with van der Waals surface area (Å²) in [6.07, 6.45) is 0. The summed E-state index contributed by atoms with van der Waals surface area (Å²) in [7, 11) is 1.59. The first kappa shape index (κ1) is 15.3. The molecule has 0 aliphatic heterocycles. The van der Waals surface area contributed by atoms with E-state index in [4.69, 9.17) is 10.5 Å². The lowest BCUT2D eigenvalue weighted by Crippen LogP contribution is -2.33. The number of benzene rings is 1. The van der Waals surface area contributed by atoms with Crippen LogP contribution in [0.3, 0.4) is 0 Å². The number of nitrogens with one attached hydrogen (secondary N) is 2. The van der Waals surface area contributed by atoms with Crippen LogP contribution in [0.1, 0.15) is 31.1 Å². The third-order valence-corrected chi connectivity index (χ3v) is 2.78. The molecule has 1 amide bonds. The van der Waals surface area contributed by atoms with Gasteiger partial charge in [0, 0.05) is 25.8 Å². The fraction of sp³-hybridized carbons (Fsp3) is 0.500. The predicted molar refractivity (Wildman–Crippen MR) is 78.4 cm³/mol. The Morgan fingerprint density at radius 2 is 2.11 bits per heavy atom. The van der Waals surface area contributed by atoms with E-state index in [1.807, 2.05) is 26.8 Å². The van der Waals surface area contributed by atoms with Crippen molar-refractivity contribution in [3.05, 3.63) is 23.8 Å². The Bertz CT molecular complexity index is 444. The molecule has 5 nitrogen and oxygen atoms in total. The van der Waals surface area contributed by atoms with Gasteiger partial charge in [-0.3, -0.25) is 4.79 Å². The lowest BCUT2D eigenvalue weighted by molar-refractivity contribution is 0.000706. The quantitative estimate of drug-likeness (QED) is 0.686. The molecule has 106 valence electrons. The Kier molecular flexibility index (Phi) is 5.18. The van der Waals surface area contributed by atoms with Crippen LogP contribution in [0.25, 0.3) is 0 Å². The number of carbonyl (C=O) groups is 1. The van der Waals surface area contributed by atoms with E-state index in [1.165, 1.54) is 0 Å². The van der Waals surface area contributed by atoms with Gasteiger partial charge >= 0.3 is 0 Å². The highest BCUT2D eigenvalue weighted by Crippen LogP contribution is 2.21. The van der Waals surface area contributed by atoms with Crippen molar-refractivity contribution in [1.29, 1.82) is 0 Å². The van der Waals surface area contributed by atoms with Gasteiger partial charge in [-0.15, -0.1) is 0 Å². The highest BCUT2D eigenvalue weighted by molar-refractivity contribution is 5.95. The van der Waals surface area contributed by atoms with Crippen LogP contribution < -0.4 is 16.4 Å². The summed E-state index contributed by atoms with van der Waals surface area (Å²) in [5.41, 5.74) is 7.58. The summed E-state index contributed by atoms with van der Waals surface area (Å²) < 4.78 is 5.60. The fourth-order valence-corrected chi connectivity index (χ4v) is 1.76. The number of ether oxygens (including phenoxy) is 1. The lowest BCUT2D eigenvalue weighted by atomic mass is 10.1. The Morgan fingerprint density at radius 3 is 2.63 bits per heavy atom. The van der Waals surface area contributed by atoms with E-state index in [1.54, 1.807) is 19.2 Å². The topological polar surface area (TPSA) is 76.4 Å². The first-order chi connectivity index (χ1) is 8.89. The molecule has 0 saturated carbocycles. The number of rotatable bonds is 6. The summed E-state index contributed by atoms with van der Waals surface area (Å²) >= 11 is 0. The molecule has 0 bridgehead atoms. The van der Waals surface area contributed by atoms with Gasteiger partial charge in [-0.25, -0.2) is 0 Å². The molecule has 0 radical (unpaired) electrons. The molecule has 0 saturated heterocycles. The summed E-state index contributed by atoms with van der Waals surface area (Å²) in [6.45, 7) is 7.30. The second kappa shape index (κ2) is 6.43. The minimum atomic E-state index is -0.263. The van der Waals surface area contributed by atoms with E-state index in [-0.39, 0.29) is 11.5 Å². The van der Waals surface area contributed by atoms with Crippen LogP contribution in [0.15, 0.2) is 18.2 Å². The number of nitrogen functional groups attached to an aromatic ring is 1. The second-order valence-corrected chi connectivity index (χ2v) is 4.93. The molecule has 0 aliphatic rings. The van der Waals surface area contributed by atoms with Gasteiger partial charge in [0.05, 0.1) is 17.0 Å². The molecule has 5 heteroatoms. The van der Waals surface area contributed by atoms with Crippen molar-refractivity contribution in [1.82, 2.24) is 5.32 Å². The van der Waals surface area contributed by atoms with Gasteiger partial charge < -0.3 is 21.1 Å². The first-order valence-corrected chi connectivity index (χ1v) is 6.39. The van der Waals surface area contributed by atoms with E-state index in [0.717, 1.165) is 5.69 Å². The molecule has 0 aliphatic carbocycles. The summed E-state index contributed by atoms with van der Waals surface area (Å²) in [5, 5.41) is 5.81. The monoisotopic (exact) mass is 265 g/mol. The standard InChI is InChI=1S/C14H23N3O2/c1-5-19-14(2,3)9-17-12-7-6-10(8-11(12)15)13(18)16-4/h6-8,17H,5,9,15H2,1-4H3,(H,16,18). The van der Waals surface area contributed by atoms with Gasteiger partial charge in [-0.1, -0.05) is 0 Å². The summed E-state index contributed by atoms with van der Waals surface area (Å²) in [4.78, 5) is 11.5. The Hall–Kier alpha value is -1.75. The first-order valence-electron chi connectivity index (χ1n) is 6.39. The van der Waals surface area contributed by atoms with E-state index < -0.39 is 0 Å². The van der Waals surface area contributed by atoms with E-state index >= 15 is 0 Å². The van der Waals surface area contributed by atoms with Gasteiger partial charge in [0.15, 0.2) is 0 Å². The second-order valence-electron chi connectivity index (χ2n) is 4.93. The average Bonchev–Trinajstić information content (AvgIpc) is 2.36. The Labute approximate surface area is 114 Å². The van der Waals surface area contributed by atoms with Gasteiger partial charge in [0.2, 0.25) is 0 Å². The Morgan fingerprint density at radius 1 is 1.42 bits per heavy atom. The van der Waals surface area contributed by atoms with Crippen molar-refractivity contribution in [2.24, 2.45) is 0 Å². The van der Waals surface area contributed by atoms with Gasteiger partial charge in [0.25, 0.3) is 5.91 Å². The zero-order chi connectivity index (χ0) is 14.5. The fourth-order valence-electron chi connectivity index (χ4n) is 1.76. The molecule has 1 aromatic carbocycles. The summed E-state index contributed by atoms with van der Waals surface area (Å²) in [6, 6.07) is 5.21. The van der Waals surface area contributed by atoms with Crippen LogP contribution >= 0.6 is 0 Å². The molecule has 0 spiro atoms. The number of anilines is 2. The zero-order valence-electron chi connectivity index (χ0n) is 12.0. The Balaban J connectivity index is 2.73. The van der Waals surface area contributed by atoms with Crippen molar-refractivity contribution in [2.45, 2.75) is 26.4 Å². The molecule has 0 atom stereocenters. The van der Waals surface area contributed by atoms with Crippen LogP contribution in [-0.2, 0) is 4.74 Å². The summed E-state index contributed by atoms with van der Waals surface area (Å²) in [5.74, 6) is -0.145. The van der Waals surface area contributed by atoms with Crippen molar-refractivity contribution in [3.8, 4) is 0 Å². The minimum Gasteiger partial charge on any atom is -0.397 e. The molecular formula is C14H23N3O2. The molecule has 4 N–H and O–H groups in total. The highest BCUT2D eigenvalue weighted by Gasteiger charge is 2.17. The van der Waals surface area contributed by atoms with Crippen LogP contribution in [0.2, 0.25) is 0 Å². The van der Waals surface area contributed by atoms with E-state index in [9.17, 15) is 4.79 Å². The van der Waals surface area contributed by atoms with Gasteiger partial charge in [-0.2, -0.15) is 0 Å². The molecular weight excluding hydrogens is 242 g/mol. The normalized spacial score (nSPS) is 11.2. The minimum absolute atomic E-state index is 0.145. The van der Waals surface area contributed by atoms with Gasteiger partial charge in [0.1, 0.15) is 0 Å². The smallest absolute Gasteiger partial charge is 0.251 e. The zero-order valence-corrected chi connectivity index (χ0v) is 12.0. The van der Waals surface area contributed by atoms with Crippen LogP contribution in [0.4, 0.5) is 11.4 Å². The molecule has 0 unspecified atom stereocenters. The number of nitrogens with two attached hydrogens (primary N) is 1. The van der Waals surface area contributed by atoms with Crippen molar-refractivity contribution < 1.29 is 9.53 Å². The van der Waals surface area contributed by atoms with Crippen LogP contribution in [-0.4, -0.2) is 31.7 Å². The largest absolute Gasteiger partial charge is 0.397 e. The number of hydrogen-bond donors (Lipinski definition) is 3. The maximum atomic E-state index is 11.5. The van der Waals surface area contributed by atoms with Crippen molar-refractivity contribution in [2.75, 3.05) is 31.2 Å². The molecule has 0 heterocycles. The van der Waals surface area contributed by atoms with Crippen molar-refractivity contribution in [3.63, 3.8) is 0 Å². The maximum absolute atomic E-state index is 11.5. The van der Waals surface area contributed by atoms with Gasteiger partial charge in [-0.05, 0) is 39.0 Å². The molecule has 0 fully saturated rings. The van der Waals surface area contributed by atoms with Crippen LogP contribution in [0.5, 0.6) is 0 Å². The number of amides is 1. The van der Waals surface area contributed by atoms with E-state index in [0.29, 0.717) is 24.4 Å². The van der Waals surface area contributed by atoms with Crippen molar-refractivity contribution >= 4 is 17.3 Å². The highest BCUT2D eigenvalue weighted by atomic mass is 16.5. The number of carbonyl (C=O) groups excluding carboxylic acids is 1. The maximum Gasteiger partial charge on any atom is 0.251 e. The molecule has 0 aromatic heterocycles. The molecule has 19 heavy (non-hydrogen) atoms. The molecule has 1 aromatic rings. The third-order valence-electron chi connectivity index (χ3n) is 2.78. The van der Waals surface area contributed by atoms with E-state index in [2.05, 4.69) is 10.6 Å². The lowest BCUT2D eigenvalue weighted by Gasteiger charge is -2.26. The average molecular weight is 265 g/mol. The predicted octanol–water partition coefficient (Wildman–Crippen LogP) is 1.86. The third kappa shape index (κ3) is 4.44. The SMILES string of the molecule is CCOC(C)(C)CNc1ccc(C(=O)NC)cc1N.